The number of aliphatic hydroxyl groups is 1. The van der Waals surface area contributed by atoms with Gasteiger partial charge in [-0.1, -0.05) is 26.0 Å². The number of fused-ring (bicyclic) bond motifs is 2. The molecule has 0 aliphatic carbocycles. The molecular formula is C40H43N11O10. The zero-order valence-electron chi connectivity index (χ0n) is 33.9. The molecule has 4 aromatic heterocycles. The summed E-state index contributed by atoms with van der Waals surface area (Å²) in [6, 6.07) is 5.76. The van der Waals surface area contributed by atoms with Crippen molar-refractivity contribution < 1.29 is 47.4 Å². The van der Waals surface area contributed by atoms with E-state index >= 15 is 0 Å². The van der Waals surface area contributed by atoms with Gasteiger partial charge in [0.05, 0.1) is 35.6 Å². The van der Waals surface area contributed by atoms with Crippen LogP contribution < -0.4 is 31.6 Å². The molecule has 21 nitrogen and oxygen atoms in total. The first-order chi connectivity index (χ1) is 29.2. The second-order valence-electron chi connectivity index (χ2n) is 14.1. The van der Waals surface area contributed by atoms with Crippen LogP contribution in [0.25, 0.3) is 22.1 Å². The number of rotatable bonds is 16. The molecule has 2 aromatic carbocycles. The largest absolute Gasteiger partial charge is 0.494 e. The number of amides is 5. The molecule has 1 aliphatic heterocycles. The molecule has 0 spiro atoms. The predicted molar refractivity (Wildman–Crippen MR) is 217 cm³/mol. The summed E-state index contributed by atoms with van der Waals surface area (Å²) in [5, 5.41) is 15.3. The summed E-state index contributed by atoms with van der Waals surface area (Å²) >= 11 is 0. The van der Waals surface area contributed by atoms with Crippen LogP contribution in [0, 0.1) is 13.8 Å². The molecule has 1 fully saturated rings. The quantitative estimate of drug-likeness (QED) is 0.0877. The molecular weight excluding hydrogens is 795 g/mol. The topological polar surface area (TPSA) is 291 Å². The van der Waals surface area contributed by atoms with Gasteiger partial charge in [-0.15, -0.1) is 0 Å². The summed E-state index contributed by atoms with van der Waals surface area (Å²) in [5.41, 5.74) is 13.6. The number of likely N-dealkylation sites (tertiary alicyclic amines) is 1. The van der Waals surface area contributed by atoms with Gasteiger partial charge >= 0.3 is 0 Å². The maximum Gasteiger partial charge on any atom is 0.295 e. The number of oxazole rings is 2. The smallest absolute Gasteiger partial charge is 0.295 e. The lowest BCUT2D eigenvalue weighted by molar-refractivity contribution is -0.143. The standard InChI is InChI=1S/C40H43N11O10/c1-6-24-33(60-19(3)43-24)37(56)47-39-45-26-12-21(35(41)54)14-28(58-5)31(26)50(39)10-8-9-11-51-32-27(46-40(51)48-38(57)34-25(7-2)44-20(4)61-34)13-22(36(42)55)15-29(32)59-18-30(53)49-16-23(52)17-49/h8-9,12-15,23,52H,6-7,10-11,16-18H2,1-5H3,(H2,41,54)(H2,42,55)(H,45,47,56)(H,46,48,57)/b9-8+. The Bertz CT molecular complexity index is 2750. The summed E-state index contributed by atoms with van der Waals surface area (Å²) in [5.74, 6) is -2.05. The van der Waals surface area contributed by atoms with Crippen LogP contribution in [-0.2, 0) is 30.7 Å². The summed E-state index contributed by atoms with van der Waals surface area (Å²) in [7, 11) is 1.42. The molecule has 5 amide bonds. The van der Waals surface area contributed by atoms with Crippen molar-refractivity contribution in [3.8, 4) is 11.5 Å². The molecule has 61 heavy (non-hydrogen) atoms. The molecule has 6 aromatic rings. The van der Waals surface area contributed by atoms with E-state index in [1.54, 1.807) is 35.1 Å². The first-order valence-electron chi connectivity index (χ1n) is 19.2. The molecule has 0 radical (unpaired) electrons. The summed E-state index contributed by atoms with van der Waals surface area (Å²) in [6.07, 6.45) is 3.72. The third kappa shape index (κ3) is 8.35. The van der Waals surface area contributed by atoms with Crippen LogP contribution in [0.4, 0.5) is 11.9 Å². The number of β-amino-alcohol motifs (C(OH)–C–C–N with tert-alkyl or cyclic N) is 1. The van der Waals surface area contributed by atoms with E-state index < -0.39 is 42.2 Å². The molecule has 5 heterocycles. The lowest BCUT2D eigenvalue weighted by Gasteiger charge is -2.35. The third-order valence-electron chi connectivity index (χ3n) is 9.85. The number of benzene rings is 2. The van der Waals surface area contributed by atoms with Gasteiger partial charge in [0.15, 0.2) is 18.4 Å². The number of primary amides is 2. The molecule has 1 saturated heterocycles. The Morgan fingerprint density at radius 1 is 0.770 bits per heavy atom. The molecule has 0 unspecified atom stereocenters. The molecule has 7 N–H and O–H groups in total. The Balaban J connectivity index is 1.28. The fraction of sp³-hybridized carbons (Fsp3) is 0.325. The zero-order valence-corrected chi connectivity index (χ0v) is 33.9. The van der Waals surface area contributed by atoms with E-state index in [0.717, 1.165) is 0 Å². The number of nitrogens with one attached hydrogen (secondary N) is 2. The van der Waals surface area contributed by atoms with Gasteiger partial charge < -0.3 is 48.9 Å². The number of carbonyl (C=O) groups excluding carboxylic acids is 5. The number of nitrogens with two attached hydrogens (primary N) is 2. The average molecular weight is 838 g/mol. The minimum absolute atomic E-state index is 0.00710. The van der Waals surface area contributed by atoms with Gasteiger partial charge in [-0.2, -0.15) is 0 Å². The monoisotopic (exact) mass is 837 g/mol. The predicted octanol–water partition coefficient (Wildman–Crippen LogP) is 2.65. The number of allylic oxidation sites excluding steroid dienone is 2. The van der Waals surface area contributed by atoms with Crippen LogP contribution in [0.15, 0.2) is 45.3 Å². The molecule has 0 bridgehead atoms. The van der Waals surface area contributed by atoms with Gasteiger partial charge in [-0.05, 0) is 37.1 Å². The SMILES string of the molecule is CCc1nc(C)oc1C(=O)Nc1nc2cc(C(N)=O)cc(OC)c2n1C/C=C/Cn1c(NC(=O)c2oc(C)nc2CC)nc2cc(C(N)=O)cc(OCC(=O)N3CC(O)C3)c21. The van der Waals surface area contributed by atoms with Gasteiger partial charge in [0.2, 0.25) is 35.2 Å². The maximum atomic E-state index is 13.7. The first-order valence-corrected chi connectivity index (χ1v) is 19.2. The summed E-state index contributed by atoms with van der Waals surface area (Å²) < 4.78 is 26.1. The van der Waals surface area contributed by atoms with Crippen molar-refractivity contribution >= 4 is 63.5 Å². The Morgan fingerprint density at radius 3 is 1.66 bits per heavy atom. The van der Waals surface area contributed by atoms with E-state index in [2.05, 4.69) is 30.6 Å². The van der Waals surface area contributed by atoms with Crippen molar-refractivity contribution in [1.82, 2.24) is 34.0 Å². The zero-order chi connectivity index (χ0) is 43.7. The normalized spacial score (nSPS) is 12.9. The number of hydrogen-bond donors (Lipinski definition) is 5. The number of hydrogen-bond acceptors (Lipinski definition) is 14. The molecule has 7 rings (SSSR count). The minimum atomic E-state index is -0.785. The number of aromatic nitrogens is 6. The maximum absolute atomic E-state index is 13.7. The highest BCUT2D eigenvalue weighted by Crippen LogP contribution is 2.33. The third-order valence-corrected chi connectivity index (χ3v) is 9.85. The number of aliphatic hydroxyl groups excluding tert-OH is 1. The Labute approximate surface area is 346 Å². The number of aryl methyl sites for hydroxylation is 4. The van der Waals surface area contributed by atoms with Crippen LogP contribution in [0.1, 0.15) is 78.8 Å². The van der Waals surface area contributed by atoms with E-state index in [1.165, 1.54) is 36.3 Å². The highest BCUT2D eigenvalue weighted by Gasteiger charge is 2.30. The molecule has 1 aliphatic rings. The van der Waals surface area contributed by atoms with Crippen molar-refractivity contribution in [1.29, 1.82) is 0 Å². The number of anilines is 2. The molecule has 21 heteroatoms. The number of ether oxygens (including phenoxy) is 2. The lowest BCUT2D eigenvalue weighted by atomic mass is 10.1. The van der Waals surface area contributed by atoms with Crippen LogP contribution >= 0.6 is 0 Å². The average Bonchev–Trinajstić information content (AvgIpc) is 3.98. The van der Waals surface area contributed by atoms with Crippen molar-refractivity contribution in [3.63, 3.8) is 0 Å². The Hall–Kier alpha value is -7.55. The van der Waals surface area contributed by atoms with Gasteiger partial charge in [0, 0.05) is 51.2 Å². The van der Waals surface area contributed by atoms with E-state index in [-0.39, 0.29) is 77.7 Å². The van der Waals surface area contributed by atoms with Gasteiger partial charge in [-0.3, -0.25) is 34.6 Å². The van der Waals surface area contributed by atoms with Gasteiger partial charge in [-0.25, -0.2) is 19.9 Å². The number of methoxy groups -OCH3 is 1. The fourth-order valence-electron chi connectivity index (χ4n) is 6.90. The van der Waals surface area contributed by atoms with Crippen molar-refractivity contribution in [3.05, 3.63) is 82.2 Å². The van der Waals surface area contributed by atoms with Crippen LogP contribution in [0.2, 0.25) is 0 Å². The van der Waals surface area contributed by atoms with Crippen molar-refractivity contribution in [2.45, 2.75) is 59.7 Å². The van der Waals surface area contributed by atoms with Crippen LogP contribution in [-0.4, -0.2) is 102 Å². The second-order valence-corrected chi connectivity index (χ2v) is 14.1. The minimum Gasteiger partial charge on any atom is -0.494 e. The Morgan fingerprint density at radius 2 is 1.23 bits per heavy atom. The fourth-order valence-corrected chi connectivity index (χ4v) is 6.90. The van der Waals surface area contributed by atoms with E-state index in [4.69, 9.17) is 29.8 Å². The molecule has 0 saturated carbocycles. The highest BCUT2D eigenvalue weighted by atomic mass is 16.5. The number of nitrogens with zero attached hydrogens (tertiary/aromatic N) is 7. The molecule has 318 valence electrons. The van der Waals surface area contributed by atoms with E-state index in [0.29, 0.717) is 52.6 Å². The number of imidazole rings is 2. The van der Waals surface area contributed by atoms with Crippen LogP contribution in [0.3, 0.4) is 0 Å². The number of carbonyl (C=O) groups is 5. The Kier molecular flexibility index (Phi) is 11.6. The highest BCUT2D eigenvalue weighted by molar-refractivity contribution is 6.05. The molecule has 0 atom stereocenters. The van der Waals surface area contributed by atoms with E-state index in [9.17, 15) is 29.1 Å². The second kappa shape index (κ2) is 17.0. The summed E-state index contributed by atoms with van der Waals surface area (Å²) in [6.45, 7) is 6.91. The summed E-state index contributed by atoms with van der Waals surface area (Å²) in [4.78, 5) is 84.0. The van der Waals surface area contributed by atoms with E-state index in [1.807, 2.05) is 13.8 Å². The van der Waals surface area contributed by atoms with Crippen molar-refractivity contribution in [2.24, 2.45) is 11.5 Å². The first kappa shape index (κ1) is 41.6. The van der Waals surface area contributed by atoms with Crippen molar-refractivity contribution in [2.75, 3.05) is 37.4 Å². The van der Waals surface area contributed by atoms with Gasteiger partial charge in [0.1, 0.15) is 22.5 Å². The van der Waals surface area contributed by atoms with Gasteiger partial charge in [0.25, 0.3) is 17.7 Å². The lowest BCUT2D eigenvalue weighted by Crippen LogP contribution is -2.54. The van der Waals surface area contributed by atoms with Crippen LogP contribution in [0.5, 0.6) is 11.5 Å².